The van der Waals surface area contributed by atoms with Gasteiger partial charge in [-0.3, -0.25) is 9.78 Å². The van der Waals surface area contributed by atoms with Crippen LogP contribution in [0.4, 0.5) is 0 Å². The summed E-state index contributed by atoms with van der Waals surface area (Å²) in [6.07, 6.45) is 2.22. The lowest BCUT2D eigenvalue weighted by molar-refractivity contribution is -0.120. The molecule has 19 heavy (non-hydrogen) atoms. The van der Waals surface area contributed by atoms with E-state index in [0.717, 1.165) is 16.8 Å². The highest BCUT2D eigenvalue weighted by molar-refractivity contribution is 7.80. The summed E-state index contributed by atoms with van der Waals surface area (Å²) in [7, 11) is 0. The van der Waals surface area contributed by atoms with Crippen molar-refractivity contribution >= 4 is 18.5 Å². The molecule has 1 aromatic heterocycles. The number of hydrogen-bond donors (Lipinski definition) is 2. The van der Waals surface area contributed by atoms with Gasteiger partial charge in [-0.25, -0.2) is 0 Å². The summed E-state index contributed by atoms with van der Waals surface area (Å²) in [5.74, 6) is 0.595. The Morgan fingerprint density at radius 1 is 1.21 bits per heavy atom. The zero-order valence-electron chi connectivity index (χ0n) is 10.5. The minimum absolute atomic E-state index is 0.0261. The number of thiol groups is 1. The number of aromatic nitrogens is 1. The third kappa shape index (κ3) is 4.10. The minimum atomic E-state index is 0.0261. The lowest BCUT2D eigenvalue weighted by Gasteiger charge is -2.06. The van der Waals surface area contributed by atoms with Crippen LogP contribution in [-0.4, -0.2) is 16.6 Å². The van der Waals surface area contributed by atoms with Gasteiger partial charge in [-0.2, -0.15) is 12.6 Å². The standard InChI is InChI=1S/C15H16N2OS/c18-15(7-9-19)17-11-12-4-3-5-13(10-12)14-6-1-2-8-16-14/h1-6,8,10,19H,7,9,11H2,(H,17,18). The van der Waals surface area contributed by atoms with Crippen LogP contribution in [0.1, 0.15) is 12.0 Å². The zero-order chi connectivity index (χ0) is 13.5. The van der Waals surface area contributed by atoms with Gasteiger partial charge in [0.1, 0.15) is 0 Å². The van der Waals surface area contributed by atoms with Crippen LogP contribution >= 0.6 is 12.6 Å². The van der Waals surface area contributed by atoms with Crippen LogP contribution in [0.25, 0.3) is 11.3 Å². The van der Waals surface area contributed by atoms with Gasteiger partial charge in [-0.05, 0) is 29.5 Å². The summed E-state index contributed by atoms with van der Waals surface area (Å²) in [5, 5.41) is 2.87. The molecule has 0 fully saturated rings. The molecule has 0 spiro atoms. The molecule has 0 unspecified atom stereocenters. The molecule has 0 radical (unpaired) electrons. The molecule has 3 nitrogen and oxygen atoms in total. The van der Waals surface area contributed by atoms with Gasteiger partial charge in [-0.1, -0.05) is 24.3 Å². The van der Waals surface area contributed by atoms with Gasteiger partial charge in [0.05, 0.1) is 5.69 Å². The number of nitrogens with zero attached hydrogens (tertiary/aromatic N) is 1. The summed E-state index contributed by atoms with van der Waals surface area (Å²) >= 11 is 4.04. The van der Waals surface area contributed by atoms with E-state index in [1.54, 1.807) is 6.20 Å². The second kappa shape index (κ2) is 6.95. The van der Waals surface area contributed by atoms with Gasteiger partial charge in [0.25, 0.3) is 0 Å². The fourth-order valence-corrected chi connectivity index (χ4v) is 1.97. The van der Waals surface area contributed by atoms with Crippen LogP contribution in [-0.2, 0) is 11.3 Å². The number of hydrogen-bond acceptors (Lipinski definition) is 3. The quantitative estimate of drug-likeness (QED) is 0.822. The number of carbonyl (C=O) groups excluding carboxylic acids is 1. The van der Waals surface area contributed by atoms with Gasteiger partial charge in [0.2, 0.25) is 5.91 Å². The molecule has 0 bridgehead atoms. The molecular weight excluding hydrogens is 256 g/mol. The van der Waals surface area contributed by atoms with E-state index in [-0.39, 0.29) is 5.91 Å². The molecule has 4 heteroatoms. The van der Waals surface area contributed by atoms with Crippen LogP contribution in [0.5, 0.6) is 0 Å². The first-order chi connectivity index (χ1) is 9.29. The summed E-state index contributed by atoms with van der Waals surface area (Å²) in [5.41, 5.74) is 3.06. The number of carbonyl (C=O) groups is 1. The SMILES string of the molecule is O=C(CCS)NCc1cccc(-c2ccccn2)c1. The Labute approximate surface area is 118 Å². The Hall–Kier alpha value is -1.81. The largest absolute Gasteiger partial charge is 0.352 e. The summed E-state index contributed by atoms with van der Waals surface area (Å²) in [4.78, 5) is 15.7. The molecule has 2 aromatic rings. The second-order valence-electron chi connectivity index (χ2n) is 4.17. The Morgan fingerprint density at radius 3 is 2.84 bits per heavy atom. The highest BCUT2D eigenvalue weighted by Gasteiger charge is 2.02. The highest BCUT2D eigenvalue weighted by Crippen LogP contribution is 2.17. The molecular formula is C15H16N2OS. The first-order valence-corrected chi connectivity index (χ1v) is 6.81. The Morgan fingerprint density at radius 2 is 2.11 bits per heavy atom. The third-order valence-corrected chi connectivity index (χ3v) is 2.94. The summed E-state index contributed by atoms with van der Waals surface area (Å²) in [6.45, 7) is 0.535. The summed E-state index contributed by atoms with van der Waals surface area (Å²) in [6, 6.07) is 13.9. The highest BCUT2D eigenvalue weighted by atomic mass is 32.1. The van der Waals surface area contributed by atoms with Crippen LogP contribution < -0.4 is 5.32 Å². The van der Waals surface area contributed by atoms with E-state index < -0.39 is 0 Å². The number of benzene rings is 1. The lowest BCUT2D eigenvalue weighted by Crippen LogP contribution is -2.22. The number of rotatable bonds is 5. The number of amides is 1. The average Bonchev–Trinajstić information content (AvgIpc) is 2.47. The van der Waals surface area contributed by atoms with Crippen molar-refractivity contribution in [2.75, 3.05) is 5.75 Å². The fourth-order valence-electron chi connectivity index (χ4n) is 1.76. The second-order valence-corrected chi connectivity index (χ2v) is 4.61. The van der Waals surface area contributed by atoms with Gasteiger partial charge in [0.15, 0.2) is 0 Å². The van der Waals surface area contributed by atoms with Crippen LogP contribution in [0.15, 0.2) is 48.7 Å². The average molecular weight is 272 g/mol. The van der Waals surface area contributed by atoms with Crippen molar-refractivity contribution in [3.8, 4) is 11.3 Å². The van der Waals surface area contributed by atoms with Crippen molar-refractivity contribution in [1.29, 1.82) is 0 Å². The molecule has 98 valence electrons. The molecule has 0 aliphatic heterocycles. The predicted molar refractivity (Wildman–Crippen MR) is 80.0 cm³/mol. The van der Waals surface area contributed by atoms with E-state index in [1.165, 1.54) is 0 Å². The van der Waals surface area contributed by atoms with Crippen molar-refractivity contribution < 1.29 is 4.79 Å². The van der Waals surface area contributed by atoms with Gasteiger partial charge < -0.3 is 5.32 Å². The van der Waals surface area contributed by atoms with E-state index in [1.807, 2.05) is 42.5 Å². The molecule has 1 heterocycles. The lowest BCUT2D eigenvalue weighted by atomic mass is 10.1. The summed E-state index contributed by atoms with van der Waals surface area (Å²) < 4.78 is 0. The fraction of sp³-hybridized carbons (Fsp3) is 0.200. The molecule has 2 rings (SSSR count). The van der Waals surface area contributed by atoms with Crippen molar-refractivity contribution in [3.63, 3.8) is 0 Å². The van der Waals surface area contributed by atoms with E-state index in [2.05, 4.69) is 22.9 Å². The Bertz CT molecular complexity index is 543. The predicted octanol–water partition coefficient (Wildman–Crippen LogP) is 2.68. The van der Waals surface area contributed by atoms with Crippen molar-refractivity contribution in [2.24, 2.45) is 0 Å². The normalized spacial score (nSPS) is 10.2. The van der Waals surface area contributed by atoms with E-state index >= 15 is 0 Å². The smallest absolute Gasteiger partial charge is 0.221 e. The maximum Gasteiger partial charge on any atom is 0.221 e. The van der Waals surface area contributed by atoms with Crippen LogP contribution in [0, 0.1) is 0 Å². The van der Waals surface area contributed by atoms with E-state index in [0.29, 0.717) is 18.7 Å². The molecule has 0 saturated heterocycles. The topological polar surface area (TPSA) is 42.0 Å². The third-order valence-electron chi connectivity index (χ3n) is 2.72. The van der Waals surface area contributed by atoms with E-state index in [9.17, 15) is 4.79 Å². The van der Waals surface area contributed by atoms with E-state index in [4.69, 9.17) is 0 Å². The molecule has 1 N–H and O–H groups in total. The minimum Gasteiger partial charge on any atom is -0.352 e. The Balaban J connectivity index is 2.06. The maximum atomic E-state index is 11.4. The molecule has 0 aliphatic rings. The number of nitrogens with one attached hydrogen (secondary N) is 1. The molecule has 0 aliphatic carbocycles. The van der Waals surface area contributed by atoms with Crippen LogP contribution in [0.3, 0.4) is 0 Å². The van der Waals surface area contributed by atoms with Crippen LogP contribution in [0.2, 0.25) is 0 Å². The Kier molecular flexibility index (Phi) is 4.98. The van der Waals surface area contributed by atoms with Crippen molar-refractivity contribution in [2.45, 2.75) is 13.0 Å². The van der Waals surface area contributed by atoms with Gasteiger partial charge in [0, 0.05) is 24.7 Å². The molecule has 0 saturated carbocycles. The van der Waals surface area contributed by atoms with Gasteiger partial charge >= 0.3 is 0 Å². The zero-order valence-corrected chi connectivity index (χ0v) is 11.4. The van der Waals surface area contributed by atoms with Crippen molar-refractivity contribution in [3.05, 3.63) is 54.2 Å². The molecule has 1 aromatic carbocycles. The molecule has 0 atom stereocenters. The van der Waals surface area contributed by atoms with Crippen molar-refractivity contribution in [1.82, 2.24) is 10.3 Å². The first kappa shape index (κ1) is 13.6. The number of pyridine rings is 1. The van der Waals surface area contributed by atoms with Gasteiger partial charge in [-0.15, -0.1) is 0 Å². The monoisotopic (exact) mass is 272 g/mol. The maximum absolute atomic E-state index is 11.4. The molecule has 1 amide bonds. The first-order valence-electron chi connectivity index (χ1n) is 6.17.